The third kappa shape index (κ3) is 2.34. The van der Waals surface area contributed by atoms with Gasteiger partial charge in [0.05, 0.1) is 0 Å². The third-order valence-electron chi connectivity index (χ3n) is 2.03. The number of hydrogen-bond acceptors (Lipinski definition) is 1. The summed E-state index contributed by atoms with van der Waals surface area (Å²) < 4.78 is 0. The number of thiophene rings is 1. The van der Waals surface area contributed by atoms with Crippen molar-refractivity contribution in [2.75, 3.05) is 0 Å². The van der Waals surface area contributed by atoms with Gasteiger partial charge in [-0.15, -0.1) is 0 Å². The summed E-state index contributed by atoms with van der Waals surface area (Å²) >= 11 is 1.84. The van der Waals surface area contributed by atoms with E-state index in [0.717, 1.165) is 5.92 Å². The first kappa shape index (κ1) is 9.79. The van der Waals surface area contributed by atoms with Crippen LogP contribution in [0.4, 0.5) is 0 Å². The standard InChI is InChI=1S/C11H18S/c1-8(2)5-10-6-12-7-11(10)9(3)4/h6-9H,5H2,1-4H3. The second kappa shape index (κ2) is 4.08. The second-order valence-corrected chi connectivity index (χ2v) is 4.85. The topological polar surface area (TPSA) is 0 Å². The van der Waals surface area contributed by atoms with Crippen molar-refractivity contribution in [1.29, 1.82) is 0 Å². The molecular weight excluding hydrogens is 164 g/mol. The summed E-state index contributed by atoms with van der Waals surface area (Å²) in [5.74, 6) is 1.46. The molecule has 0 saturated heterocycles. The van der Waals surface area contributed by atoms with Crippen molar-refractivity contribution in [3.8, 4) is 0 Å². The van der Waals surface area contributed by atoms with E-state index in [-0.39, 0.29) is 0 Å². The molecule has 1 heterocycles. The Balaban J connectivity index is 2.77. The van der Waals surface area contributed by atoms with Crippen molar-refractivity contribution in [3.63, 3.8) is 0 Å². The Kier molecular flexibility index (Phi) is 3.33. The van der Waals surface area contributed by atoms with Crippen LogP contribution >= 0.6 is 11.3 Å². The summed E-state index contributed by atoms with van der Waals surface area (Å²) in [5.41, 5.74) is 3.11. The molecule has 0 bridgehead atoms. The van der Waals surface area contributed by atoms with Crippen molar-refractivity contribution in [2.45, 2.75) is 40.0 Å². The van der Waals surface area contributed by atoms with Crippen molar-refractivity contribution in [1.82, 2.24) is 0 Å². The molecule has 0 amide bonds. The molecule has 0 spiro atoms. The summed E-state index contributed by atoms with van der Waals surface area (Å²) in [7, 11) is 0. The highest BCUT2D eigenvalue weighted by Crippen LogP contribution is 2.25. The average Bonchev–Trinajstić information content (AvgIpc) is 2.33. The average molecular weight is 182 g/mol. The molecule has 0 radical (unpaired) electrons. The van der Waals surface area contributed by atoms with Crippen molar-refractivity contribution in [2.24, 2.45) is 5.92 Å². The molecule has 0 atom stereocenters. The molecule has 1 aromatic heterocycles. The minimum Gasteiger partial charge on any atom is -0.152 e. The molecule has 0 aliphatic heterocycles. The second-order valence-electron chi connectivity index (χ2n) is 4.11. The normalized spacial score (nSPS) is 11.5. The van der Waals surface area contributed by atoms with Crippen LogP contribution in [0, 0.1) is 5.92 Å². The van der Waals surface area contributed by atoms with Gasteiger partial charge in [0.15, 0.2) is 0 Å². The Bertz CT molecular complexity index is 233. The van der Waals surface area contributed by atoms with Crippen molar-refractivity contribution >= 4 is 11.3 Å². The van der Waals surface area contributed by atoms with E-state index in [0.29, 0.717) is 5.92 Å². The van der Waals surface area contributed by atoms with E-state index >= 15 is 0 Å². The maximum absolute atomic E-state index is 2.30. The highest BCUT2D eigenvalue weighted by molar-refractivity contribution is 7.08. The molecule has 0 aliphatic carbocycles. The molecule has 0 saturated carbocycles. The largest absolute Gasteiger partial charge is 0.152 e. The summed E-state index contributed by atoms with van der Waals surface area (Å²) in [5, 5.41) is 4.59. The fourth-order valence-corrected chi connectivity index (χ4v) is 2.48. The Morgan fingerprint density at radius 1 is 1.17 bits per heavy atom. The minimum atomic E-state index is 0.685. The Hall–Kier alpha value is -0.300. The van der Waals surface area contributed by atoms with Crippen molar-refractivity contribution < 1.29 is 0 Å². The van der Waals surface area contributed by atoms with Gasteiger partial charge in [-0.3, -0.25) is 0 Å². The zero-order valence-corrected chi connectivity index (χ0v) is 9.24. The zero-order valence-electron chi connectivity index (χ0n) is 8.42. The first-order valence-corrected chi connectivity index (χ1v) is 5.60. The van der Waals surface area contributed by atoms with Crippen LogP contribution in [0.1, 0.15) is 44.7 Å². The first-order valence-electron chi connectivity index (χ1n) is 4.66. The lowest BCUT2D eigenvalue weighted by Gasteiger charge is -2.08. The van der Waals surface area contributed by atoms with Gasteiger partial charge in [0.2, 0.25) is 0 Å². The van der Waals surface area contributed by atoms with Crippen molar-refractivity contribution in [3.05, 3.63) is 21.9 Å². The molecule has 0 nitrogen and oxygen atoms in total. The van der Waals surface area contributed by atoms with Crippen LogP contribution in [0.15, 0.2) is 10.8 Å². The maximum atomic E-state index is 2.30. The quantitative estimate of drug-likeness (QED) is 0.661. The molecule has 68 valence electrons. The minimum absolute atomic E-state index is 0.685. The summed E-state index contributed by atoms with van der Waals surface area (Å²) in [6.07, 6.45) is 1.23. The molecule has 12 heavy (non-hydrogen) atoms. The highest BCUT2D eigenvalue weighted by Gasteiger charge is 2.08. The SMILES string of the molecule is CC(C)Cc1cscc1C(C)C. The molecule has 0 unspecified atom stereocenters. The number of rotatable bonds is 3. The van der Waals surface area contributed by atoms with E-state index in [9.17, 15) is 0 Å². The monoisotopic (exact) mass is 182 g/mol. The van der Waals surface area contributed by atoms with E-state index in [1.807, 2.05) is 11.3 Å². The van der Waals surface area contributed by atoms with Gasteiger partial charge in [-0.25, -0.2) is 0 Å². The van der Waals surface area contributed by atoms with E-state index in [1.165, 1.54) is 6.42 Å². The van der Waals surface area contributed by atoms with Gasteiger partial charge in [-0.2, -0.15) is 11.3 Å². The van der Waals surface area contributed by atoms with Crippen LogP contribution in [-0.2, 0) is 6.42 Å². The van der Waals surface area contributed by atoms with E-state index in [2.05, 4.69) is 38.5 Å². The predicted octanol–water partition coefficient (Wildman–Crippen LogP) is 4.07. The summed E-state index contributed by atoms with van der Waals surface area (Å²) in [6, 6.07) is 0. The molecule has 1 aromatic rings. The Morgan fingerprint density at radius 3 is 2.33 bits per heavy atom. The lowest BCUT2D eigenvalue weighted by Crippen LogP contribution is -1.97. The highest BCUT2D eigenvalue weighted by atomic mass is 32.1. The zero-order chi connectivity index (χ0) is 9.14. The Labute approximate surface area is 79.6 Å². The maximum Gasteiger partial charge on any atom is -0.00558 e. The molecule has 0 N–H and O–H groups in total. The van der Waals surface area contributed by atoms with Gasteiger partial charge in [-0.1, -0.05) is 27.7 Å². The third-order valence-corrected chi connectivity index (χ3v) is 2.84. The van der Waals surface area contributed by atoms with Crippen LogP contribution in [-0.4, -0.2) is 0 Å². The fourth-order valence-electron chi connectivity index (χ4n) is 1.45. The molecule has 0 aliphatic rings. The molecule has 0 fully saturated rings. The van der Waals surface area contributed by atoms with E-state index in [1.54, 1.807) is 11.1 Å². The molecule has 0 aromatic carbocycles. The van der Waals surface area contributed by atoms with Gasteiger partial charge in [-0.05, 0) is 40.1 Å². The van der Waals surface area contributed by atoms with Gasteiger partial charge in [0.1, 0.15) is 0 Å². The lowest BCUT2D eigenvalue weighted by atomic mass is 9.96. The first-order chi connectivity index (χ1) is 5.61. The van der Waals surface area contributed by atoms with Crippen LogP contribution < -0.4 is 0 Å². The van der Waals surface area contributed by atoms with E-state index in [4.69, 9.17) is 0 Å². The summed E-state index contributed by atoms with van der Waals surface area (Å²) in [4.78, 5) is 0. The van der Waals surface area contributed by atoms with Crippen LogP contribution in [0.3, 0.4) is 0 Å². The van der Waals surface area contributed by atoms with Crippen LogP contribution in [0.5, 0.6) is 0 Å². The van der Waals surface area contributed by atoms with E-state index < -0.39 is 0 Å². The van der Waals surface area contributed by atoms with Gasteiger partial charge >= 0.3 is 0 Å². The Morgan fingerprint density at radius 2 is 1.83 bits per heavy atom. The smallest absolute Gasteiger partial charge is 0.00558 e. The fraction of sp³-hybridized carbons (Fsp3) is 0.636. The van der Waals surface area contributed by atoms with Crippen LogP contribution in [0.2, 0.25) is 0 Å². The predicted molar refractivity (Wildman–Crippen MR) is 57.0 cm³/mol. The molecule has 1 heteroatoms. The van der Waals surface area contributed by atoms with Gasteiger partial charge in [0, 0.05) is 0 Å². The lowest BCUT2D eigenvalue weighted by molar-refractivity contribution is 0.640. The van der Waals surface area contributed by atoms with Crippen LogP contribution in [0.25, 0.3) is 0 Å². The molecule has 1 rings (SSSR count). The summed E-state index contributed by atoms with van der Waals surface area (Å²) in [6.45, 7) is 9.10. The number of hydrogen-bond donors (Lipinski definition) is 0. The van der Waals surface area contributed by atoms with Gasteiger partial charge in [0.25, 0.3) is 0 Å². The van der Waals surface area contributed by atoms with Gasteiger partial charge < -0.3 is 0 Å². The molecular formula is C11H18S.